The molecule has 1 heterocycles. The van der Waals surface area contributed by atoms with Crippen LogP contribution in [0.4, 0.5) is 0 Å². The fourth-order valence-electron chi connectivity index (χ4n) is 1.67. The van der Waals surface area contributed by atoms with Crippen LogP contribution in [0.3, 0.4) is 0 Å². The van der Waals surface area contributed by atoms with Crippen molar-refractivity contribution in [1.29, 1.82) is 0 Å². The first-order chi connectivity index (χ1) is 8.70. The Morgan fingerprint density at radius 2 is 2.22 bits per heavy atom. The summed E-state index contributed by atoms with van der Waals surface area (Å²) in [6, 6.07) is 6.05. The van der Waals surface area contributed by atoms with Gasteiger partial charge in [-0.2, -0.15) is 4.98 Å². The third-order valence-electron chi connectivity index (χ3n) is 2.67. The monoisotopic (exact) mass is 309 g/mol. The summed E-state index contributed by atoms with van der Waals surface area (Å²) < 4.78 is 6.26. The molecule has 0 unspecified atom stereocenters. The van der Waals surface area contributed by atoms with Crippen molar-refractivity contribution < 1.29 is 4.52 Å². The van der Waals surface area contributed by atoms with E-state index in [2.05, 4.69) is 38.3 Å². The van der Waals surface area contributed by atoms with Gasteiger partial charge in [0.2, 0.25) is 11.7 Å². The van der Waals surface area contributed by atoms with E-state index in [-0.39, 0.29) is 0 Å². The molecule has 1 aromatic heterocycles. The lowest BCUT2D eigenvalue weighted by Gasteiger charge is -2.00. The third kappa shape index (κ3) is 3.17. The first kappa shape index (κ1) is 13.2. The molecular weight excluding hydrogens is 294 g/mol. The van der Waals surface area contributed by atoms with Crippen molar-refractivity contribution in [2.45, 2.75) is 20.3 Å². The summed E-state index contributed by atoms with van der Waals surface area (Å²) in [6.07, 6.45) is 0.758. The van der Waals surface area contributed by atoms with Crippen LogP contribution in [0, 0.1) is 6.92 Å². The third-order valence-corrected chi connectivity index (χ3v) is 3.17. The summed E-state index contributed by atoms with van der Waals surface area (Å²) >= 11 is 3.46. The SMILES string of the molecule is CCNCCc1nc(-c2cc(Br)ccc2C)no1. The number of halogens is 1. The van der Waals surface area contributed by atoms with Gasteiger partial charge in [0.1, 0.15) is 0 Å². The topological polar surface area (TPSA) is 51.0 Å². The van der Waals surface area contributed by atoms with Crippen LogP contribution in [0.5, 0.6) is 0 Å². The second-order valence-electron chi connectivity index (χ2n) is 4.07. The molecule has 0 radical (unpaired) electrons. The average Bonchev–Trinajstić information content (AvgIpc) is 2.81. The quantitative estimate of drug-likeness (QED) is 0.863. The molecule has 4 nitrogen and oxygen atoms in total. The summed E-state index contributed by atoms with van der Waals surface area (Å²) in [4.78, 5) is 4.42. The van der Waals surface area contributed by atoms with Crippen molar-refractivity contribution >= 4 is 15.9 Å². The maximum atomic E-state index is 5.24. The fourth-order valence-corrected chi connectivity index (χ4v) is 2.03. The molecule has 0 aliphatic rings. The van der Waals surface area contributed by atoms with Crippen LogP contribution >= 0.6 is 15.9 Å². The highest BCUT2D eigenvalue weighted by Crippen LogP contribution is 2.24. The summed E-state index contributed by atoms with van der Waals surface area (Å²) in [5.41, 5.74) is 2.14. The Balaban J connectivity index is 2.16. The van der Waals surface area contributed by atoms with Crippen molar-refractivity contribution in [2.24, 2.45) is 0 Å². The first-order valence-corrected chi connectivity index (χ1v) is 6.80. The van der Waals surface area contributed by atoms with E-state index in [1.807, 2.05) is 25.1 Å². The van der Waals surface area contributed by atoms with Crippen LogP contribution in [-0.4, -0.2) is 23.2 Å². The van der Waals surface area contributed by atoms with Gasteiger partial charge in [0.05, 0.1) is 0 Å². The van der Waals surface area contributed by atoms with E-state index in [9.17, 15) is 0 Å². The molecule has 18 heavy (non-hydrogen) atoms. The van der Waals surface area contributed by atoms with Crippen LogP contribution in [0.2, 0.25) is 0 Å². The number of benzene rings is 1. The lowest BCUT2D eigenvalue weighted by Crippen LogP contribution is -2.16. The lowest BCUT2D eigenvalue weighted by atomic mass is 10.1. The molecule has 96 valence electrons. The molecule has 2 rings (SSSR count). The molecule has 0 saturated heterocycles. The largest absolute Gasteiger partial charge is 0.339 e. The maximum Gasteiger partial charge on any atom is 0.228 e. The number of nitrogens with one attached hydrogen (secondary N) is 1. The number of aromatic nitrogens is 2. The Hall–Kier alpha value is -1.20. The zero-order valence-electron chi connectivity index (χ0n) is 10.5. The Kier molecular flexibility index (Phi) is 4.49. The molecule has 5 heteroatoms. The highest BCUT2D eigenvalue weighted by atomic mass is 79.9. The molecule has 0 bridgehead atoms. The standard InChI is InChI=1S/C13H16BrN3O/c1-3-15-7-6-12-16-13(17-18-12)11-8-10(14)5-4-9(11)2/h4-5,8,15H,3,6-7H2,1-2H3. The van der Waals surface area contributed by atoms with E-state index in [0.717, 1.165) is 35.1 Å². The molecule has 1 aromatic carbocycles. The van der Waals surface area contributed by atoms with E-state index in [1.165, 1.54) is 0 Å². The van der Waals surface area contributed by atoms with E-state index in [0.29, 0.717) is 11.7 Å². The summed E-state index contributed by atoms with van der Waals surface area (Å²) in [7, 11) is 0. The number of aryl methyl sites for hydroxylation is 1. The normalized spacial score (nSPS) is 10.8. The van der Waals surface area contributed by atoms with Gasteiger partial charge in [-0.15, -0.1) is 0 Å². The van der Waals surface area contributed by atoms with Gasteiger partial charge in [-0.05, 0) is 31.2 Å². The van der Waals surface area contributed by atoms with Gasteiger partial charge in [0, 0.05) is 23.0 Å². The zero-order chi connectivity index (χ0) is 13.0. The second-order valence-corrected chi connectivity index (χ2v) is 4.99. The number of hydrogen-bond donors (Lipinski definition) is 1. The average molecular weight is 310 g/mol. The van der Waals surface area contributed by atoms with E-state index in [4.69, 9.17) is 4.52 Å². The molecule has 0 spiro atoms. The van der Waals surface area contributed by atoms with Crippen LogP contribution in [0.15, 0.2) is 27.2 Å². The maximum absolute atomic E-state index is 5.24. The lowest BCUT2D eigenvalue weighted by molar-refractivity contribution is 0.377. The second kappa shape index (κ2) is 6.11. The van der Waals surface area contributed by atoms with E-state index in [1.54, 1.807) is 0 Å². The van der Waals surface area contributed by atoms with Crippen LogP contribution in [-0.2, 0) is 6.42 Å². The Labute approximate surface area is 115 Å². The Morgan fingerprint density at radius 3 is 3.00 bits per heavy atom. The predicted molar refractivity (Wildman–Crippen MR) is 74.4 cm³/mol. The van der Waals surface area contributed by atoms with Crippen LogP contribution in [0.1, 0.15) is 18.4 Å². The number of hydrogen-bond acceptors (Lipinski definition) is 4. The Bertz CT molecular complexity index is 525. The molecule has 0 atom stereocenters. The Morgan fingerprint density at radius 1 is 1.39 bits per heavy atom. The molecule has 2 aromatic rings. The minimum absolute atomic E-state index is 0.653. The number of nitrogens with zero attached hydrogens (tertiary/aromatic N) is 2. The van der Waals surface area contributed by atoms with Crippen molar-refractivity contribution in [3.63, 3.8) is 0 Å². The molecule has 0 fully saturated rings. The van der Waals surface area contributed by atoms with Crippen LogP contribution < -0.4 is 5.32 Å². The van der Waals surface area contributed by atoms with Crippen LogP contribution in [0.25, 0.3) is 11.4 Å². The van der Waals surface area contributed by atoms with Crippen molar-refractivity contribution in [1.82, 2.24) is 15.5 Å². The summed E-state index contributed by atoms with van der Waals surface area (Å²) in [6.45, 7) is 5.92. The van der Waals surface area contributed by atoms with Gasteiger partial charge in [-0.3, -0.25) is 0 Å². The van der Waals surface area contributed by atoms with E-state index < -0.39 is 0 Å². The van der Waals surface area contributed by atoms with Gasteiger partial charge in [-0.1, -0.05) is 34.1 Å². The highest BCUT2D eigenvalue weighted by Gasteiger charge is 2.10. The molecule has 0 saturated carbocycles. The van der Waals surface area contributed by atoms with Gasteiger partial charge < -0.3 is 9.84 Å². The number of likely N-dealkylation sites (N-methyl/N-ethyl adjacent to an activating group) is 1. The summed E-state index contributed by atoms with van der Waals surface area (Å²) in [5, 5.41) is 7.26. The van der Waals surface area contributed by atoms with Gasteiger partial charge >= 0.3 is 0 Å². The first-order valence-electron chi connectivity index (χ1n) is 6.00. The van der Waals surface area contributed by atoms with Crippen molar-refractivity contribution in [3.05, 3.63) is 34.1 Å². The fraction of sp³-hybridized carbons (Fsp3) is 0.385. The van der Waals surface area contributed by atoms with Gasteiger partial charge in [-0.25, -0.2) is 0 Å². The number of rotatable bonds is 5. The zero-order valence-corrected chi connectivity index (χ0v) is 12.1. The van der Waals surface area contributed by atoms with Gasteiger partial charge in [0.15, 0.2) is 0 Å². The highest BCUT2D eigenvalue weighted by molar-refractivity contribution is 9.10. The predicted octanol–water partition coefficient (Wildman–Crippen LogP) is 2.96. The molecule has 0 amide bonds. The smallest absolute Gasteiger partial charge is 0.228 e. The van der Waals surface area contributed by atoms with Gasteiger partial charge in [0.25, 0.3) is 0 Å². The molecule has 0 aliphatic heterocycles. The van der Waals surface area contributed by atoms with E-state index >= 15 is 0 Å². The van der Waals surface area contributed by atoms with Crippen molar-refractivity contribution in [2.75, 3.05) is 13.1 Å². The summed E-state index contributed by atoms with van der Waals surface area (Å²) in [5.74, 6) is 1.32. The molecular formula is C13H16BrN3O. The van der Waals surface area contributed by atoms with Crippen molar-refractivity contribution in [3.8, 4) is 11.4 Å². The molecule has 1 N–H and O–H groups in total. The molecule has 0 aliphatic carbocycles. The minimum Gasteiger partial charge on any atom is -0.339 e. The minimum atomic E-state index is 0.653.